The number of sulfonamides is 1. The summed E-state index contributed by atoms with van der Waals surface area (Å²) in [5, 5.41) is 12.9. The van der Waals surface area contributed by atoms with Gasteiger partial charge in [-0.3, -0.25) is 4.98 Å². The van der Waals surface area contributed by atoms with E-state index in [9.17, 15) is 13.2 Å². The van der Waals surface area contributed by atoms with Gasteiger partial charge in [0.25, 0.3) is 10.0 Å². The number of hydrogen-bond donors (Lipinski definition) is 4. The van der Waals surface area contributed by atoms with E-state index in [1.165, 1.54) is 0 Å². The Balaban J connectivity index is 2.30. The Bertz CT molecular complexity index is 844. The van der Waals surface area contributed by atoms with E-state index in [0.717, 1.165) is 17.5 Å². The van der Waals surface area contributed by atoms with E-state index >= 15 is 0 Å². The molecule has 28 heavy (non-hydrogen) atoms. The van der Waals surface area contributed by atoms with E-state index in [4.69, 9.17) is 10.1 Å². The van der Waals surface area contributed by atoms with Gasteiger partial charge in [-0.1, -0.05) is 27.7 Å². The second kappa shape index (κ2) is 9.05. The Morgan fingerprint density at radius 3 is 2.32 bits per heavy atom. The molecule has 9 nitrogen and oxygen atoms in total. The first-order valence-electron chi connectivity index (χ1n) is 9.10. The van der Waals surface area contributed by atoms with Gasteiger partial charge in [0.05, 0.1) is 12.3 Å². The van der Waals surface area contributed by atoms with Crippen LogP contribution in [0.15, 0.2) is 23.2 Å². The maximum atomic E-state index is 12.6. The summed E-state index contributed by atoms with van der Waals surface area (Å²) in [5.41, 5.74) is 2.16. The maximum absolute atomic E-state index is 12.6. The fourth-order valence-corrected chi connectivity index (χ4v) is 3.69. The predicted molar refractivity (Wildman–Crippen MR) is 108 cm³/mol. The van der Waals surface area contributed by atoms with E-state index < -0.39 is 21.0 Å². The van der Waals surface area contributed by atoms with Crippen LogP contribution in [0.2, 0.25) is 0 Å². The maximum Gasteiger partial charge on any atom is 0.333 e. The first-order chi connectivity index (χ1) is 13.2. The Morgan fingerprint density at radius 1 is 1.25 bits per heavy atom. The molecule has 154 valence electrons. The number of carbonyl (C=O) groups is 1. The van der Waals surface area contributed by atoms with Crippen LogP contribution in [0, 0.1) is 5.41 Å². The van der Waals surface area contributed by atoms with Gasteiger partial charge in [0.1, 0.15) is 0 Å². The lowest BCUT2D eigenvalue weighted by Crippen LogP contribution is -2.38. The quantitative estimate of drug-likeness (QED) is 0.534. The highest BCUT2D eigenvalue weighted by molar-refractivity contribution is 7.94. The predicted octanol–water partition coefficient (Wildman–Crippen LogP) is 2.61. The minimum Gasteiger partial charge on any atom is -0.478 e. The molecule has 1 aromatic rings. The highest BCUT2D eigenvalue weighted by Crippen LogP contribution is 2.31. The molecule has 1 aliphatic rings. The largest absolute Gasteiger partial charge is 0.478 e. The third-order valence-electron chi connectivity index (χ3n) is 4.21. The molecular weight excluding hydrogens is 382 g/mol. The van der Waals surface area contributed by atoms with Crippen LogP contribution in [0.4, 0.5) is 10.5 Å². The van der Waals surface area contributed by atoms with Crippen molar-refractivity contribution in [3.05, 3.63) is 34.3 Å². The van der Waals surface area contributed by atoms with Crippen LogP contribution in [0.25, 0.3) is 0 Å². The lowest BCUT2D eigenvalue weighted by Gasteiger charge is -2.21. The molecule has 4 N–H and O–H groups in total. The van der Waals surface area contributed by atoms with Gasteiger partial charge in [-0.25, -0.2) is 17.9 Å². The molecule has 2 amide bonds. The van der Waals surface area contributed by atoms with Crippen molar-refractivity contribution in [1.82, 2.24) is 15.0 Å². The minimum absolute atomic E-state index is 0.0313. The molecule has 2 rings (SSSR count). The average Bonchev–Trinajstić information content (AvgIpc) is 2.62. The van der Waals surface area contributed by atoms with Crippen molar-refractivity contribution in [2.24, 2.45) is 0 Å². The number of allylic oxidation sites excluding steroid dienone is 1. The molecule has 0 aliphatic carbocycles. The molecule has 0 bridgehead atoms. The molecule has 0 unspecified atom stereocenters. The van der Waals surface area contributed by atoms with Crippen LogP contribution in [0.5, 0.6) is 0 Å². The second-order valence-electron chi connectivity index (χ2n) is 7.03. The van der Waals surface area contributed by atoms with Gasteiger partial charge in [-0.05, 0) is 29.4 Å². The zero-order valence-corrected chi connectivity index (χ0v) is 17.3. The number of urea groups is 1. The number of rotatable bonds is 6. The van der Waals surface area contributed by atoms with Crippen LogP contribution >= 0.6 is 0 Å². The monoisotopic (exact) mass is 409 g/mol. The summed E-state index contributed by atoms with van der Waals surface area (Å²) in [6, 6.07) is -0.911. The molecule has 0 atom stereocenters. The summed E-state index contributed by atoms with van der Waals surface area (Å²) >= 11 is 0. The molecule has 0 aromatic carbocycles. The number of amides is 2. The smallest absolute Gasteiger partial charge is 0.333 e. The van der Waals surface area contributed by atoms with Crippen molar-refractivity contribution in [3.63, 3.8) is 0 Å². The highest BCUT2D eigenvalue weighted by atomic mass is 32.2. The summed E-state index contributed by atoms with van der Waals surface area (Å²) in [6.45, 7) is 8.72. The summed E-state index contributed by atoms with van der Waals surface area (Å²) < 4.78 is 32.4. The lowest BCUT2D eigenvalue weighted by molar-refractivity contribution is 0.157. The second-order valence-corrected chi connectivity index (χ2v) is 8.68. The third kappa shape index (κ3) is 5.00. The summed E-state index contributed by atoms with van der Waals surface area (Å²) in [6.07, 6.45) is 4.69. The van der Waals surface area contributed by atoms with Crippen molar-refractivity contribution in [2.45, 2.75) is 46.0 Å². The number of hydrogen-bond acceptors (Lipinski definition) is 7. The molecule has 1 saturated heterocycles. The van der Waals surface area contributed by atoms with Crippen LogP contribution < -0.4 is 15.4 Å². The Kier molecular flexibility index (Phi) is 7.00. The first kappa shape index (κ1) is 21.7. The number of anilines is 1. The molecule has 1 aromatic heterocycles. The van der Waals surface area contributed by atoms with Gasteiger partial charge < -0.3 is 20.8 Å². The van der Waals surface area contributed by atoms with E-state index in [2.05, 4.69) is 15.6 Å². The molecule has 1 aliphatic heterocycles. The molecule has 10 heteroatoms. The van der Waals surface area contributed by atoms with E-state index in [1.807, 2.05) is 32.4 Å². The number of pyridine rings is 1. The number of carbonyl (C=O) groups excluding carboxylic acids is 1. The van der Waals surface area contributed by atoms with Gasteiger partial charge >= 0.3 is 6.03 Å². The van der Waals surface area contributed by atoms with Crippen LogP contribution in [0.1, 0.15) is 57.1 Å². The zero-order valence-electron chi connectivity index (χ0n) is 16.5. The summed E-state index contributed by atoms with van der Waals surface area (Å²) in [4.78, 5) is 16.3. The molecule has 2 heterocycles. The fourth-order valence-electron chi connectivity index (χ4n) is 2.75. The van der Waals surface area contributed by atoms with Crippen molar-refractivity contribution in [3.8, 4) is 0 Å². The summed E-state index contributed by atoms with van der Waals surface area (Å²) in [7, 11) is -4.29. The average molecular weight is 410 g/mol. The Labute approximate surface area is 165 Å². The number of aromatic nitrogens is 1. The standard InChI is InChI=1S/C18H27N5O4S/c1-11(2)13-9-20-10-14(12(3)4)16(13)22-18(24)23-28(25,26)15(8-19)17-21-6-5-7-27-17/h8-12,19,21H,5-7H2,1-4H3,(H2,20,22,23,24)/b17-15-,19-8?. The molecule has 0 radical (unpaired) electrons. The first-order valence-corrected chi connectivity index (χ1v) is 10.6. The lowest BCUT2D eigenvalue weighted by atomic mass is 9.95. The van der Waals surface area contributed by atoms with Crippen molar-refractivity contribution >= 4 is 28.0 Å². The van der Waals surface area contributed by atoms with Crippen LogP contribution in [0.3, 0.4) is 0 Å². The molecule has 0 saturated carbocycles. The molecule has 1 fully saturated rings. The van der Waals surface area contributed by atoms with E-state index in [-0.39, 0.29) is 17.7 Å². The third-order valence-corrected chi connectivity index (χ3v) is 5.55. The number of nitrogens with one attached hydrogen (secondary N) is 4. The van der Waals surface area contributed by atoms with Crippen molar-refractivity contribution in [2.75, 3.05) is 18.5 Å². The van der Waals surface area contributed by atoms with Crippen LogP contribution in [-0.4, -0.2) is 38.8 Å². The van der Waals surface area contributed by atoms with Crippen molar-refractivity contribution in [1.29, 1.82) is 5.41 Å². The number of nitrogens with zero attached hydrogens (tertiary/aromatic N) is 1. The van der Waals surface area contributed by atoms with Gasteiger partial charge in [-0.15, -0.1) is 0 Å². The van der Waals surface area contributed by atoms with Crippen LogP contribution in [-0.2, 0) is 14.8 Å². The molecular formula is C18H27N5O4S. The highest BCUT2D eigenvalue weighted by Gasteiger charge is 2.26. The van der Waals surface area contributed by atoms with Gasteiger partial charge in [0, 0.05) is 25.2 Å². The summed E-state index contributed by atoms with van der Waals surface area (Å²) in [5.74, 6) is 0.130. The zero-order chi connectivity index (χ0) is 20.9. The van der Waals surface area contributed by atoms with Gasteiger partial charge in [-0.2, -0.15) is 0 Å². The Morgan fingerprint density at radius 2 is 1.86 bits per heavy atom. The van der Waals surface area contributed by atoms with Gasteiger partial charge in [0.15, 0.2) is 4.91 Å². The van der Waals surface area contributed by atoms with Crippen molar-refractivity contribution < 1.29 is 17.9 Å². The van der Waals surface area contributed by atoms with Gasteiger partial charge in [0.2, 0.25) is 5.88 Å². The van der Waals surface area contributed by atoms with E-state index in [1.54, 1.807) is 12.4 Å². The molecule has 0 spiro atoms. The topological polar surface area (TPSA) is 133 Å². The minimum atomic E-state index is -4.29. The number of ether oxygens (including phenoxy) is 1. The van der Waals surface area contributed by atoms with E-state index in [0.29, 0.717) is 25.1 Å². The SMILES string of the molecule is CC(C)c1cncc(C(C)C)c1NC(=O)NS(=O)(=O)/C(C=N)=C1/NCCCO1. The fraction of sp³-hybridized carbons (Fsp3) is 0.500. The Hall–Kier alpha value is -2.62. The normalized spacial score (nSPS) is 16.2.